The molecule has 2 heterocycles. The van der Waals surface area contributed by atoms with E-state index in [0.717, 1.165) is 11.1 Å². The van der Waals surface area contributed by atoms with Crippen molar-refractivity contribution >= 4 is 22.4 Å². The third kappa shape index (κ3) is 3.57. The number of ether oxygens (including phenoxy) is 1. The summed E-state index contributed by atoms with van der Waals surface area (Å²) < 4.78 is 5.96. The molecule has 1 aromatic heterocycles. The number of rotatable bonds is 3. The van der Waals surface area contributed by atoms with E-state index in [0.29, 0.717) is 16.6 Å². The lowest BCUT2D eigenvalue weighted by Gasteiger charge is -2.38. The van der Waals surface area contributed by atoms with Gasteiger partial charge in [0.2, 0.25) is 11.0 Å². The Morgan fingerprint density at radius 2 is 1.86 bits per heavy atom. The predicted octanol–water partition coefficient (Wildman–Crippen LogP) is 5.17. The Morgan fingerprint density at radius 1 is 1.14 bits per heavy atom. The smallest absolute Gasteiger partial charge is 0.232 e. The van der Waals surface area contributed by atoms with Crippen molar-refractivity contribution in [2.45, 2.75) is 33.6 Å². The molecule has 2 aromatic carbocycles. The number of aromatic hydroxyl groups is 1. The molecule has 0 spiro atoms. The van der Waals surface area contributed by atoms with Crippen LogP contribution in [0.15, 0.2) is 48.0 Å². The van der Waals surface area contributed by atoms with Crippen LogP contribution in [0.1, 0.15) is 44.7 Å². The number of benzene rings is 2. The first kappa shape index (κ1) is 19.8. The number of phenolic OH excluding ortho intramolecular Hbond substituents is 1. The van der Waals surface area contributed by atoms with Crippen molar-refractivity contribution in [2.24, 2.45) is 5.41 Å². The van der Waals surface area contributed by atoms with E-state index in [9.17, 15) is 9.90 Å². The van der Waals surface area contributed by atoms with E-state index in [2.05, 4.69) is 15.5 Å². The molecule has 1 aliphatic heterocycles. The highest BCUT2D eigenvalue weighted by molar-refractivity contribution is 7.13. The molecular formula is C21H23N3O3S. The van der Waals surface area contributed by atoms with Gasteiger partial charge >= 0.3 is 0 Å². The van der Waals surface area contributed by atoms with Gasteiger partial charge in [-0.15, -0.1) is 10.2 Å². The van der Waals surface area contributed by atoms with E-state index in [1.54, 1.807) is 17.6 Å². The Labute approximate surface area is 168 Å². The molecule has 0 saturated heterocycles. The fourth-order valence-corrected chi connectivity index (χ4v) is 3.78. The van der Waals surface area contributed by atoms with Crippen molar-refractivity contribution in [3.63, 3.8) is 0 Å². The second kappa shape index (κ2) is 7.98. The summed E-state index contributed by atoms with van der Waals surface area (Å²) in [5.41, 5.74) is 2.57. The van der Waals surface area contributed by atoms with Crippen LogP contribution in [0.5, 0.6) is 17.2 Å². The summed E-state index contributed by atoms with van der Waals surface area (Å²) in [6.45, 7) is 7.79. The van der Waals surface area contributed by atoms with E-state index in [-0.39, 0.29) is 17.6 Å². The normalized spacial score (nSPS) is 14.6. The number of amides is 1. The van der Waals surface area contributed by atoms with Crippen LogP contribution in [0.25, 0.3) is 0 Å². The van der Waals surface area contributed by atoms with Gasteiger partial charge < -0.3 is 15.2 Å². The highest BCUT2D eigenvalue weighted by Crippen LogP contribution is 2.52. The van der Waals surface area contributed by atoms with Gasteiger partial charge in [0.1, 0.15) is 22.8 Å². The number of fused-ring (bicyclic) bond motifs is 2. The minimum absolute atomic E-state index is 0.123. The summed E-state index contributed by atoms with van der Waals surface area (Å²) in [7, 11) is 0. The third-order valence-electron chi connectivity index (χ3n) is 4.65. The molecule has 6 nitrogen and oxygen atoms in total. The number of para-hydroxylation sites is 1. The maximum absolute atomic E-state index is 13.1. The number of carbonyl (C=O) groups is 1. The lowest BCUT2D eigenvalue weighted by molar-refractivity contribution is -0.124. The molecule has 0 saturated carbocycles. The van der Waals surface area contributed by atoms with Gasteiger partial charge in [0, 0.05) is 23.1 Å². The summed E-state index contributed by atoms with van der Waals surface area (Å²) in [6, 6.07) is 12.7. The van der Waals surface area contributed by atoms with Gasteiger partial charge in [-0.2, -0.15) is 0 Å². The fraction of sp³-hybridized carbons (Fsp3) is 0.286. The van der Waals surface area contributed by atoms with Crippen molar-refractivity contribution in [3.05, 3.63) is 59.1 Å². The molecule has 0 aliphatic carbocycles. The van der Waals surface area contributed by atoms with Crippen LogP contribution >= 0.6 is 11.3 Å². The Morgan fingerprint density at radius 3 is 2.57 bits per heavy atom. The van der Waals surface area contributed by atoms with Gasteiger partial charge in [-0.3, -0.25) is 4.79 Å². The Bertz CT molecular complexity index is 971. The lowest BCUT2D eigenvalue weighted by atomic mass is 9.69. The zero-order valence-corrected chi connectivity index (χ0v) is 17.1. The standard InChI is InChI=1S/C19H17N3O3S.C2H6/c1-19(2,17(24)21-18-22-20-10-26-18)16-12-5-3-4-6-14(12)25-15-9-11(23)7-8-13(15)16;1-2/h3-10,16,23H,1-2H3,(H,21,22,24);1-2H3. The maximum atomic E-state index is 13.1. The highest BCUT2D eigenvalue weighted by Gasteiger charge is 2.43. The average molecular weight is 398 g/mol. The van der Waals surface area contributed by atoms with E-state index in [1.165, 1.54) is 11.3 Å². The molecule has 7 heteroatoms. The minimum atomic E-state index is -0.794. The highest BCUT2D eigenvalue weighted by atomic mass is 32.1. The molecule has 1 amide bonds. The molecule has 0 bridgehead atoms. The molecule has 0 radical (unpaired) electrons. The van der Waals surface area contributed by atoms with Crippen LogP contribution < -0.4 is 10.1 Å². The van der Waals surface area contributed by atoms with Gasteiger partial charge in [0.15, 0.2) is 0 Å². The summed E-state index contributed by atoms with van der Waals surface area (Å²) in [6.07, 6.45) is 0. The third-order valence-corrected chi connectivity index (χ3v) is 5.25. The van der Waals surface area contributed by atoms with Crippen LogP contribution in [0.3, 0.4) is 0 Å². The van der Waals surface area contributed by atoms with Gasteiger partial charge in [-0.1, -0.05) is 63.3 Å². The summed E-state index contributed by atoms with van der Waals surface area (Å²) in [5.74, 6) is 0.974. The van der Waals surface area contributed by atoms with Gasteiger partial charge in [0.25, 0.3) is 0 Å². The summed E-state index contributed by atoms with van der Waals surface area (Å²) >= 11 is 1.28. The zero-order chi connectivity index (χ0) is 20.3. The van der Waals surface area contributed by atoms with E-state index in [4.69, 9.17) is 4.74 Å². The Balaban J connectivity index is 0.00000109. The molecule has 146 valence electrons. The van der Waals surface area contributed by atoms with Crippen LogP contribution in [0, 0.1) is 5.41 Å². The van der Waals surface area contributed by atoms with E-state index in [1.807, 2.05) is 58.0 Å². The maximum Gasteiger partial charge on any atom is 0.232 e. The lowest BCUT2D eigenvalue weighted by Crippen LogP contribution is -2.38. The van der Waals surface area contributed by atoms with Gasteiger partial charge in [-0.25, -0.2) is 0 Å². The monoisotopic (exact) mass is 397 g/mol. The number of nitrogens with zero attached hydrogens (tertiary/aromatic N) is 2. The predicted molar refractivity (Wildman–Crippen MR) is 110 cm³/mol. The molecule has 1 atom stereocenters. The molecular weight excluding hydrogens is 374 g/mol. The molecule has 4 rings (SSSR count). The number of aromatic nitrogens is 2. The van der Waals surface area contributed by atoms with Crippen molar-refractivity contribution < 1.29 is 14.6 Å². The van der Waals surface area contributed by atoms with E-state index >= 15 is 0 Å². The largest absolute Gasteiger partial charge is 0.508 e. The van der Waals surface area contributed by atoms with Crippen molar-refractivity contribution in [2.75, 3.05) is 5.32 Å². The average Bonchev–Trinajstić information content (AvgIpc) is 3.20. The van der Waals surface area contributed by atoms with Crippen LogP contribution in [-0.4, -0.2) is 21.2 Å². The number of hydrogen-bond acceptors (Lipinski definition) is 6. The van der Waals surface area contributed by atoms with Crippen LogP contribution in [-0.2, 0) is 4.79 Å². The van der Waals surface area contributed by atoms with Crippen molar-refractivity contribution in [1.29, 1.82) is 0 Å². The number of phenols is 1. The quantitative estimate of drug-likeness (QED) is 0.637. The summed E-state index contributed by atoms with van der Waals surface area (Å²) in [4.78, 5) is 13.1. The van der Waals surface area contributed by atoms with Gasteiger partial charge in [0.05, 0.1) is 5.41 Å². The molecule has 28 heavy (non-hydrogen) atoms. The van der Waals surface area contributed by atoms with Crippen molar-refractivity contribution in [1.82, 2.24) is 10.2 Å². The Hall–Kier alpha value is -2.93. The topological polar surface area (TPSA) is 84.3 Å². The van der Waals surface area contributed by atoms with Crippen LogP contribution in [0.4, 0.5) is 5.13 Å². The molecule has 3 aromatic rings. The second-order valence-corrected chi connectivity index (χ2v) is 7.55. The minimum Gasteiger partial charge on any atom is -0.508 e. The Kier molecular flexibility index (Phi) is 5.65. The number of nitrogens with one attached hydrogen (secondary N) is 1. The molecule has 2 N–H and O–H groups in total. The number of carbonyl (C=O) groups excluding carboxylic acids is 1. The number of anilines is 1. The molecule has 1 unspecified atom stereocenters. The fourth-order valence-electron chi connectivity index (χ4n) is 3.34. The zero-order valence-electron chi connectivity index (χ0n) is 16.3. The van der Waals surface area contributed by atoms with Crippen molar-refractivity contribution in [3.8, 4) is 17.2 Å². The molecule has 1 aliphatic rings. The molecule has 0 fully saturated rings. The summed E-state index contributed by atoms with van der Waals surface area (Å²) in [5, 5.41) is 20.8. The van der Waals surface area contributed by atoms with Gasteiger partial charge in [-0.05, 0) is 12.1 Å². The number of hydrogen-bond donors (Lipinski definition) is 2. The van der Waals surface area contributed by atoms with E-state index < -0.39 is 5.41 Å². The first-order valence-electron chi connectivity index (χ1n) is 9.14. The van der Waals surface area contributed by atoms with Crippen LogP contribution in [0.2, 0.25) is 0 Å². The first-order valence-corrected chi connectivity index (χ1v) is 10.0. The first-order chi connectivity index (χ1) is 13.5. The second-order valence-electron chi connectivity index (χ2n) is 6.71. The SMILES string of the molecule is CC.CC(C)(C(=O)Nc1nncs1)C1c2ccccc2Oc2cc(O)ccc21.